The molecule has 0 unspecified atom stereocenters. The van der Waals surface area contributed by atoms with Crippen molar-refractivity contribution in [3.63, 3.8) is 0 Å². The van der Waals surface area contributed by atoms with Gasteiger partial charge in [-0.1, -0.05) is 0 Å². The summed E-state index contributed by atoms with van der Waals surface area (Å²) in [6.07, 6.45) is 5.49. The maximum atomic E-state index is 4.55. The molecule has 4 heteroatoms. The summed E-state index contributed by atoms with van der Waals surface area (Å²) < 4.78 is 2.06. The topological polar surface area (TPSA) is 30.7 Å². The molecule has 0 aromatic carbocycles. The number of imidazole rings is 1. The molecule has 0 spiro atoms. The monoisotopic (exact) mass is 255 g/mol. The number of pyridine rings is 1. The summed E-state index contributed by atoms with van der Waals surface area (Å²) in [4.78, 5) is 9.85. The van der Waals surface area contributed by atoms with E-state index >= 15 is 0 Å². The van der Waals surface area contributed by atoms with E-state index in [2.05, 4.69) is 32.9 Å². The van der Waals surface area contributed by atoms with Crippen LogP contribution >= 0.6 is 11.3 Å². The first kappa shape index (κ1) is 11.2. The third-order valence-corrected chi connectivity index (χ3v) is 3.99. The first-order chi connectivity index (χ1) is 8.77. The Hall–Kier alpha value is -1.94. The average molecular weight is 255 g/mol. The zero-order valence-corrected chi connectivity index (χ0v) is 11.1. The third kappa shape index (κ3) is 1.75. The zero-order chi connectivity index (χ0) is 12.5. The quantitative estimate of drug-likeness (QED) is 0.701. The van der Waals surface area contributed by atoms with Crippen LogP contribution in [0.2, 0.25) is 0 Å². The second kappa shape index (κ2) is 4.38. The van der Waals surface area contributed by atoms with Crippen molar-refractivity contribution in [1.29, 1.82) is 0 Å². The highest BCUT2D eigenvalue weighted by Crippen LogP contribution is 2.35. The van der Waals surface area contributed by atoms with Crippen molar-refractivity contribution in [2.24, 2.45) is 7.05 Å². The highest BCUT2D eigenvalue weighted by Gasteiger charge is 2.15. The minimum atomic E-state index is 1.05. The fourth-order valence-electron chi connectivity index (χ4n) is 2.06. The van der Waals surface area contributed by atoms with Crippen molar-refractivity contribution in [1.82, 2.24) is 14.5 Å². The normalized spacial score (nSPS) is 10.8. The Morgan fingerprint density at radius 1 is 1.17 bits per heavy atom. The van der Waals surface area contributed by atoms with E-state index in [-0.39, 0.29) is 0 Å². The van der Waals surface area contributed by atoms with Crippen LogP contribution in [0.25, 0.3) is 21.8 Å². The highest BCUT2D eigenvalue weighted by atomic mass is 32.1. The van der Waals surface area contributed by atoms with Crippen LogP contribution in [-0.4, -0.2) is 14.5 Å². The van der Waals surface area contributed by atoms with Crippen LogP contribution < -0.4 is 0 Å². The van der Waals surface area contributed by atoms with Crippen LogP contribution in [-0.2, 0) is 7.05 Å². The van der Waals surface area contributed by atoms with Crippen LogP contribution in [0, 0.1) is 6.92 Å². The van der Waals surface area contributed by atoms with E-state index in [0.29, 0.717) is 0 Å². The van der Waals surface area contributed by atoms with Gasteiger partial charge in [-0.3, -0.25) is 4.98 Å². The number of hydrogen-bond acceptors (Lipinski definition) is 3. The zero-order valence-electron chi connectivity index (χ0n) is 10.3. The van der Waals surface area contributed by atoms with Crippen LogP contribution in [0.3, 0.4) is 0 Å². The molecule has 90 valence electrons. The number of hydrogen-bond donors (Lipinski definition) is 0. The molecule has 0 saturated heterocycles. The molecule has 0 aliphatic heterocycles. The fraction of sp³-hybridized carbons (Fsp3) is 0.143. The second-order valence-electron chi connectivity index (χ2n) is 4.22. The number of aryl methyl sites for hydroxylation is 2. The molecule has 0 radical (unpaired) electrons. The number of nitrogens with zero attached hydrogens (tertiary/aromatic N) is 3. The van der Waals surface area contributed by atoms with Gasteiger partial charge < -0.3 is 4.57 Å². The molecule has 0 aliphatic rings. The van der Waals surface area contributed by atoms with E-state index in [1.54, 1.807) is 11.3 Å². The van der Waals surface area contributed by atoms with Gasteiger partial charge in [0.15, 0.2) is 0 Å². The summed E-state index contributed by atoms with van der Waals surface area (Å²) >= 11 is 1.73. The van der Waals surface area contributed by atoms with Crippen LogP contribution in [0.5, 0.6) is 0 Å². The van der Waals surface area contributed by atoms with E-state index in [4.69, 9.17) is 0 Å². The summed E-state index contributed by atoms with van der Waals surface area (Å²) in [5.41, 5.74) is 4.61. The lowest BCUT2D eigenvalue weighted by Gasteiger charge is -2.05. The predicted octanol–water partition coefficient (Wildman–Crippen LogP) is 3.52. The van der Waals surface area contributed by atoms with Gasteiger partial charge in [-0.05, 0) is 36.1 Å². The molecule has 0 bridgehead atoms. The van der Waals surface area contributed by atoms with Gasteiger partial charge in [0.2, 0.25) is 0 Å². The Morgan fingerprint density at radius 2 is 1.94 bits per heavy atom. The van der Waals surface area contributed by atoms with Gasteiger partial charge in [0.05, 0.1) is 16.9 Å². The molecule has 3 heterocycles. The van der Waals surface area contributed by atoms with E-state index in [1.807, 2.05) is 37.9 Å². The Labute approximate surface area is 110 Å². The SMILES string of the molecule is Cc1ccsc1-c1ncn(C)c1-c1ccncc1. The van der Waals surface area contributed by atoms with E-state index in [0.717, 1.165) is 17.0 Å². The molecule has 3 nitrogen and oxygen atoms in total. The molecule has 3 rings (SSSR count). The minimum absolute atomic E-state index is 1.05. The van der Waals surface area contributed by atoms with Gasteiger partial charge in [0.25, 0.3) is 0 Å². The lowest BCUT2D eigenvalue weighted by molar-refractivity contribution is 0.921. The van der Waals surface area contributed by atoms with Gasteiger partial charge in [-0.25, -0.2) is 4.98 Å². The molecule has 0 saturated carbocycles. The molecular weight excluding hydrogens is 242 g/mol. The first-order valence-electron chi connectivity index (χ1n) is 5.73. The summed E-state index contributed by atoms with van der Waals surface area (Å²) in [5, 5.41) is 2.11. The van der Waals surface area contributed by atoms with Crippen molar-refractivity contribution in [2.45, 2.75) is 6.92 Å². The van der Waals surface area contributed by atoms with Crippen molar-refractivity contribution in [2.75, 3.05) is 0 Å². The Morgan fingerprint density at radius 3 is 2.61 bits per heavy atom. The van der Waals surface area contributed by atoms with Crippen LogP contribution in [0.4, 0.5) is 0 Å². The molecular formula is C14H13N3S. The van der Waals surface area contributed by atoms with E-state index in [1.165, 1.54) is 10.4 Å². The Balaban J connectivity index is 2.22. The summed E-state index contributed by atoms with van der Waals surface area (Å²) in [5.74, 6) is 0. The molecule has 0 N–H and O–H groups in total. The first-order valence-corrected chi connectivity index (χ1v) is 6.61. The second-order valence-corrected chi connectivity index (χ2v) is 5.14. The lowest BCUT2D eigenvalue weighted by Crippen LogP contribution is -1.91. The molecule has 0 fully saturated rings. The minimum Gasteiger partial charge on any atom is -0.333 e. The molecule has 18 heavy (non-hydrogen) atoms. The Bertz CT molecular complexity index is 667. The van der Waals surface area contributed by atoms with E-state index < -0.39 is 0 Å². The number of rotatable bonds is 2. The standard InChI is InChI=1S/C14H13N3S/c1-10-5-8-18-14(10)12-13(17(2)9-16-12)11-3-6-15-7-4-11/h3-9H,1-2H3. The molecule has 0 atom stereocenters. The average Bonchev–Trinajstić information content (AvgIpc) is 2.96. The van der Waals surface area contributed by atoms with Gasteiger partial charge >= 0.3 is 0 Å². The lowest BCUT2D eigenvalue weighted by atomic mass is 10.1. The van der Waals surface area contributed by atoms with E-state index in [9.17, 15) is 0 Å². The summed E-state index contributed by atoms with van der Waals surface area (Å²) in [6.45, 7) is 2.12. The predicted molar refractivity (Wildman–Crippen MR) is 74.5 cm³/mol. The molecule has 0 aliphatic carbocycles. The molecule has 0 amide bonds. The van der Waals surface area contributed by atoms with Crippen LogP contribution in [0.15, 0.2) is 42.3 Å². The maximum Gasteiger partial charge on any atom is 0.106 e. The van der Waals surface area contributed by atoms with Gasteiger partial charge in [0, 0.05) is 25.0 Å². The smallest absolute Gasteiger partial charge is 0.106 e. The molecule has 3 aromatic heterocycles. The van der Waals surface area contributed by atoms with Crippen molar-refractivity contribution in [3.05, 3.63) is 47.9 Å². The van der Waals surface area contributed by atoms with Gasteiger partial charge in [-0.2, -0.15) is 0 Å². The Kier molecular flexibility index (Phi) is 2.72. The van der Waals surface area contributed by atoms with Gasteiger partial charge in [-0.15, -0.1) is 11.3 Å². The number of thiophene rings is 1. The van der Waals surface area contributed by atoms with Crippen LogP contribution in [0.1, 0.15) is 5.56 Å². The fourth-order valence-corrected chi connectivity index (χ4v) is 2.99. The highest BCUT2D eigenvalue weighted by molar-refractivity contribution is 7.13. The van der Waals surface area contributed by atoms with Crippen molar-refractivity contribution >= 4 is 11.3 Å². The van der Waals surface area contributed by atoms with Crippen molar-refractivity contribution < 1.29 is 0 Å². The van der Waals surface area contributed by atoms with Crippen molar-refractivity contribution in [3.8, 4) is 21.8 Å². The van der Waals surface area contributed by atoms with Gasteiger partial charge in [0.1, 0.15) is 5.69 Å². The summed E-state index contributed by atoms with van der Waals surface area (Å²) in [7, 11) is 2.02. The largest absolute Gasteiger partial charge is 0.333 e. The maximum absolute atomic E-state index is 4.55. The number of aromatic nitrogens is 3. The third-order valence-electron chi connectivity index (χ3n) is 2.97. The summed E-state index contributed by atoms with van der Waals surface area (Å²) in [6, 6.07) is 6.16. The molecule has 3 aromatic rings.